The molecule has 1 saturated carbocycles. The first kappa shape index (κ1) is 22.6. The summed E-state index contributed by atoms with van der Waals surface area (Å²) in [5, 5.41) is 12.4. The molecule has 7 heteroatoms. The van der Waals surface area contributed by atoms with Gasteiger partial charge in [-0.25, -0.2) is 4.68 Å². The number of anilines is 1. The van der Waals surface area contributed by atoms with Crippen molar-refractivity contribution in [1.82, 2.24) is 20.2 Å². The number of rotatable bonds is 8. The van der Waals surface area contributed by atoms with E-state index in [0.29, 0.717) is 25.6 Å². The smallest absolute Gasteiger partial charge is 0.227 e. The molecule has 1 aliphatic carbocycles. The van der Waals surface area contributed by atoms with Crippen LogP contribution in [-0.4, -0.2) is 32.7 Å². The summed E-state index contributed by atoms with van der Waals surface area (Å²) in [5.41, 5.74) is 4.56. The maximum Gasteiger partial charge on any atom is 0.227 e. The second-order valence-electron chi connectivity index (χ2n) is 9.48. The Bertz CT molecular complexity index is 1140. The van der Waals surface area contributed by atoms with Crippen molar-refractivity contribution in [2.24, 2.45) is 0 Å². The summed E-state index contributed by atoms with van der Waals surface area (Å²) in [6, 6.07) is 14.8. The van der Waals surface area contributed by atoms with Crippen molar-refractivity contribution in [2.75, 3.05) is 11.5 Å². The number of carbonyl (C=O) groups is 1. The van der Waals surface area contributed by atoms with Crippen LogP contribution in [0.1, 0.15) is 73.5 Å². The van der Waals surface area contributed by atoms with E-state index in [2.05, 4.69) is 40.6 Å². The molecule has 2 aromatic carbocycles. The zero-order valence-electron chi connectivity index (χ0n) is 19.9. The Hall–Kier alpha value is -3.22. The van der Waals surface area contributed by atoms with Gasteiger partial charge in [-0.05, 0) is 77.9 Å². The molecule has 2 heterocycles. The first-order valence-electron chi connectivity index (χ1n) is 12.6. The summed E-state index contributed by atoms with van der Waals surface area (Å²) >= 11 is 0. The number of fused-ring (bicyclic) bond motifs is 1. The van der Waals surface area contributed by atoms with Crippen LogP contribution in [0.15, 0.2) is 42.5 Å². The highest BCUT2D eigenvalue weighted by Gasteiger charge is 2.25. The lowest BCUT2D eigenvalue weighted by Gasteiger charge is -2.30. The van der Waals surface area contributed by atoms with Crippen LogP contribution < -0.4 is 9.64 Å². The van der Waals surface area contributed by atoms with Gasteiger partial charge >= 0.3 is 0 Å². The van der Waals surface area contributed by atoms with Gasteiger partial charge in [-0.15, -0.1) is 5.10 Å². The van der Waals surface area contributed by atoms with Crippen molar-refractivity contribution < 1.29 is 9.53 Å². The molecule has 2 aliphatic rings. The van der Waals surface area contributed by atoms with E-state index in [9.17, 15) is 4.79 Å². The summed E-state index contributed by atoms with van der Waals surface area (Å²) < 4.78 is 8.11. The van der Waals surface area contributed by atoms with Crippen LogP contribution in [0.3, 0.4) is 0 Å². The van der Waals surface area contributed by atoms with Crippen molar-refractivity contribution in [3.05, 3.63) is 65.0 Å². The largest absolute Gasteiger partial charge is 0.494 e. The Balaban J connectivity index is 1.19. The summed E-state index contributed by atoms with van der Waals surface area (Å²) in [7, 11) is 0. The Morgan fingerprint density at radius 1 is 1.06 bits per heavy atom. The minimum absolute atomic E-state index is 0.181. The van der Waals surface area contributed by atoms with Crippen molar-refractivity contribution in [3.63, 3.8) is 0 Å². The van der Waals surface area contributed by atoms with Gasteiger partial charge in [0.25, 0.3) is 0 Å². The average molecular weight is 460 g/mol. The van der Waals surface area contributed by atoms with Crippen LogP contribution in [0.4, 0.5) is 5.69 Å². The molecule has 0 N–H and O–H groups in total. The summed E-state index contributed by atoms with van der Waals surface area (Å²) in [6.07, 6.45) is 9.16. The van der Waals surface area contributed by atoms with Gasteiger partial charge in [0, 0.05) is 18.5 Å². The van der Waals surface area contributed by atoms with Crippen LogP contribution >= 0.6 is 0 Å². The lowest BCUT2D eigenvalue weighted by Crippen LogP contribution is -2.34. The van der Waals surface area contributed by atoms with Gasteiger partial charge in [0.1, 0.15) is 5.75 Å². The minimum atomic E-state index is 0.181. The third kappa shape index (κ3) is 4.98. The zero-order chi connectivity index (χ0) is 23.3. The highest BCUT2D eigenvalue weighted by molar-refractivity contribution is 5.96. The highest BCUT2D eigenvalue weighted by atomic mass is 16.5. The number of nitrogens with zero attached hydrogens (tertiary/aromatic N) is 5. The van der Waals surface area contributed by atoms with Gasteiger partial charge in [-0.1, -0.05) is 43.5 Å². The topological polar surface area (TPSA) is 73.1 Å². The summed E-state index contributed by atoms with van der Waals surface area (Å²) in [6.45, 7) is 3.31. The van der Waals surface area contributed by atoms with Crippen molar-refractivity contribution in [1.29, 1.82) is 0 Å². The molecule has 7 nitrogen and oxygen atoms in total. The fraction of sp³-hybridized carbons (Fsp3) is 0.481. The lowest BCUT2D eigenvalue weighted by atomic mass is 9.95. The van der Waals surface area contributed by atoms with E-state index in [1.807, 2.05) is 33.8 Å². The molecule has 0 atom stereocenters. The number of amides is 1. The quantitative estimate of drug-likeness (QED) is 0.444. The molecular formula is C27H33N5O2. The molecule has 0 saturated heterocycles. The van der Waals surface area contributed by atoms with Gasteiger partial charge in [-0.2, -0.15) is 0 Å². The second-order valence-corrected chi connectivity index (χ2v) is 9.48. The first-order valence-corrected chi connectivity index (χ1v) is 12.6. The number of hydrogen-bond donors (Lipinski definition) is 0. The van der Waals surface area contributed by atoms with Crippen molar-refractivity contribution >= 4 is 11.6 Å². The molecule has 5 rings (SSSR count). The van der Waals surface area contributed by atoms with E-state index < -0.39 is 0 Å². The van der Waals surface area contributed by atoms with Gasteiger partial charge < -0.3 is 9.64 Å². The number of ether oxygens (including phenoxy) is 1. The van der Waals surface area contributed by atoms with Gasteiger partial charge in [0.15, 0.2) is 5.82 Å². The number of benzene rings is 2. The number of tetrazole rings is 1. The van der Waals surface area contributed by atoms with Crippen LogP contribution in [0, 0.1) is 6.92 Å². The zero-order valence-corrected chi connectivity index (χ0v) is 19.9. The van der Waals surface area contributed by atoms with E-state index in [0.717, 1.165) is 36.5 Å². The Labute approximate surface area is 201 Å². The van der Waals surface area contributed by atoms with Gasteiger partial charge in [0.2, 0.25) is 5.91 Å². The number of carbonyl (C=O) groups excluding carboxylic acids is 1. The van der Waals surface area contributed by atoms with E-state index in [1.165, 1.54) is 48.8 Å². The van der Waals surface area contributed by atoms with Crippen molar-refractivity contribution in [3.8, 4) is 5.75 Å². The molecule has 0 radical (unpaired) electrons. The molecule has 1 amide bonds. The van der Waals surface area contributed by atoms with E-state index >= 15 is 0 Å². The normalized spacial score (nSPS) is 16.5. The molecule has 34 heavy (non-hydrogen) atoms. The lowest BCUT2D eigenvalue weighted by molar-refractivity contribution is -0.119. The number of hydrogen-bond acceptors (Lipinski definition) is 5. The molecule has 1 aliphatic heterocycles. The van der Waals surface area contributed by atoms with Crippen LogP contribution in [-0.2, 0) is 24.2 Å². The average Bonchev–Trinajstić information content (AvgIpc) is 3.34. The van der Waals surface area contributed by atoms with Crippen molar-refractivity contribution in [2.45, 2.75) is 77.3 Å². The third-order valence-corrected chi connectivity index (χ3v) is 7.14. The molecule has 0 spiro atoms. The molecular weight excluding hydrogens is 426 g/mol. The highest BCUT2D eigenvalue weighted by Crippen LogP contribution is 2.33. The first-order chi connectivity index (χ1) is 16.7. The summed E-state index contributed by atoms with van der Waals surface area (Å²) in [4.78, 5) is 14.6. The minimum Gasteiger partial charge on any atom is -0.494 e. The summed E-state index contributed by atoms with van der Waals surface area (Å²) in [5.74, 6) is 2.00. The fourth-order valence-corrected chi connectivity index (χ4v) is 5.16. The Morgan fingerprint density at radius 2 is 1.91 bits per heavy atom. The van der Waals surface area contributed by atoms with Gasteiger partial charge in [0.05, 0.1) is 19.2 Å². The number of aromatic nitrogens is 4. The van der Waals surface area contributed by atoms with Crippen LogP contribution in [0.25, 0.3) is 0 Å². The SMILES string of the molecule is Cc1ccccc1CN1C(=O)CCc2cc(OCCCc3nnnn3C3CCCCC3)ccc21. The number of aryl methyl sites for hydroxylation is 3. The molecule has 0 bridgehead atoms. The molecule has 0 unspecified atom stereocenters. The molecule has 1 fully saturated rings. The van der Waals surface area contributed by atoms with E-state index in [1.54, 1.807) is 0 Å². The predicted octanol–water partition coefficient (Wildman–Crippen LogP) is 4.98. The van der Waals surface area contributed by atoms with E-state index in [-0.39, 0.29) is 5.91 Å². The Morgan fingerprint density at radius 3 is 2.76 bits per heavy atom. The van der Waals surface area contributed by atoms with Gasteiger partial charge in [-0.3, -0.25) is 4.79 Å². The molecule has 1 aromatic heterocycles. The Kier molecular flexibility index (Phi) is 6.88. The maximum absolute atomic E-state index is 12.7. The second kappa shape index (κ2) is 10.4. The predicted molar refractivity (Wildman–Crippen MR) is 131 cm³/mol. The molecule has 178 valence electrons. The monoisotopic (exact) mass is 459 g/mol. The van der Waals surface area contributed by atoms with Crippen LogP contribution in [0.5, 0.6) is 5.75 Å². The maximum atomic E-state index is 12.7. The standard InChI is InChI=1S/C27H33N5O2/c1-20-8-5-6-9-22(20)19-31-25-15-14-24(18-21(25)13-16-27(31)33)34-17-7-12-26-28-29-30-32(26)23-10-3-2-4-11-23/h5-6,8-9,14-15,18,23H,2-4,7,10-13,16-17,19H2,1H3. The van der Waals surface area contributed by atoms with E-state index in [4.69, 9.17) is 4.74 Å². The third-order valence-electron chi connectivity index (χ3n) is 7.14. The molecule has 3 aromatic rings. The van der Waals surface area contributed by atoms with Crippen LogP contribution in [0.2, 0.25) is 0 Å². The fourth-order valence-electron chi connectivity index (χ4n) is 5.16.